The van der Waals surface area contributed by atoms with Crippen LogP contribution in [0.4, 0.5) is 15.8 Å². The SMILES string of the molecule is O=[N+]([O-])c1ccccc1S[C@@H]1C[C@H]2[C@H](c3c(ccc4ccccc34)N[C@H]2c2ccc(F)cc2)[C@H]1Cl. The number of hydrogen-bond donors (Lipinski definition) is 1. The van der Waals surface area contributed by atoms with E-state index in [1.54, 1.807) is 18.2 Å². The van der Waals surface area contributed by atoms with Crippen molar-refractivity contribution in [2.24, 2.45) is 5.92 Å². The largest absolute Gasteiger partial charge is 0.378 e. The predicted octanol–water partition coefficient (Wildman–Crippen LogP) is 7.93. The summed E-state index contributed by atoms with van der Waals surface area (Å²) in [5.41, 5.74) is 3.37. The van der Waals surface area contributed by atoms with Gasteiger partial charge in [-0.05, 0) is 58.5 Å². The van der Waals surface area contributed by atoms with Gasteiger partial charge in [0.1, 0.15) is 5.82 Å². The molecule has 1 fully saturated rings. The van der Waals surface area contributed by atoms with E-state index in [9.17, 15) is 14.5 Å². The highest BCUT2D eigenvalue weighted by atomic mass is 35.5. The van der Waals surface area contributed by atoms with E-state index in [1.807, 2.05) is 30.3 Å². The molecule has 0 bridgehead atoms. The summed E-state index contributed by atoms with van der Waals surface area (Å²) >= 11 is 8.76. The minimum Gasteiger partial charge on any atom is -0.378 e. The molecule has 0 spiro atoms. The molecule has 4 aromatic rings. The van der Waals surface area contributed by atoms with Crippen molar-refractivity contribution in [3.8, 4) is 0 Å². The average Bonchev–Trinajstić information content (AvgIpc) is 3.20. The number of nitrogens with zero attached hydrogens (tertiary/aromatic N) is 1. The summed E-state index contributed by atoms with van der Waals surface area (Å²) < 4.78 is 13.7. The van der Waals surface area contributed by atoms with Gasteiger partial charge in [-0.2, -0.15) is 0 Å². The molecule has 1 heterocycles. The van der Waals surface area contributed by atoms with Crippen molar-refractivity contribution >= 4 is 45.5 Å². The van der Waals surface area contributed by atoms with Gasteiger partial charge < -0.3 is 5.32 Å². The first kappa shape index (κ1) is 22.4. The highest BCUT2D eigenvalue weighted by Gasteiger charge is 2.50. The molecule has 5 atom stereocenters. The third kappa shape index (κ3) is 3.85. The highest BCUT2D eigenvalue weighted by Crippen LogP contribution is 2.59. The summed E-state index contributed by atoms with van der Waals surface area (Å²) in [7, 11) is 0. The van der Waals surface area contributed by atoms with Gasteiger partial charge in [-0.25, -0.2) is 4.39 Å². The molecule has 2 aliphatic rings. The zero-order valence-corrected chi connectivity index (χ0v) is 20.2. The molecular formula is C28H22ClFN2O2S. The van der Waals surface area contributed by atoms with Crippen LogP contribution in [0.25, 0.3) is 10.8 Å². The van der Waals surface area contributed by atoms with Gasteiger partial charge >= 0.3 is 0 Å². The van der Waals surface area contributed by atoms with Crippen molar-refractivity contribution in [3.63, 3.8) is 0 Å². The van der Waals surface area contributed by atoms with Crippen LogP contribution in [-0.4, -0.2) is 15.6 Å². The molecule has 4 aromatic carbocycles. The second-order valence-corrected chi connectivity index (χ2v) is 11.0. The molecule has 1 N–H and O–H groups in total. The van der Waals surface area contributed by atoms with E-state index in [2.05, 4.69) is 29.6 Å². The van der Waals surface area contributed by atoms with Crippen LogP contribution >= 0.6 is 23.4 Å². The maximum atomic E-state index is 13.7. The van der Waals surface area contributed by atoms with Crippen LogP contribution < -0.4 is 5.32 Å². The Morgan fingerprint density at radius 2 is 1.71 bits per heavy atom. The molecule has 0 radical (unpaired) electrons. The fourth-order valence-electron chi connectivity index (χ4n) is 5.77. The fourth-order valence-corrected chi connectivity index (χ4v) is 7.70. The van der Waals surface area contributed by atoms with E-state index in [0.717, 1.165) is 23.1 Å². The van der Waals surface area contributed by atoms with E-state index < -0.39 is 0 Å². The number of nitrogens with one attached hydrogen (secondary N) is 1. The maximum absolute atomic E-state index is 13.7. The van der Waals surface area contributed by atoms with Gasteiger partial charge in [-0.1, -0.05) is 54.6 Å². The van der Waals surface area contributed by atoms with Crippen LogP contribution in [0.1, 0.15) is 29.5 Å². The number of benzene rings is 4. The van der Waals surface area contributed by atoms with E-state index >= 15 is 0 Å². The van der Waals surface area contributed by atoms with E-state index in [-0.39, 0.29) is 44.9 Å². The summed E-state index contributed by atoms with van der Waals surface area (Å²) in [6, 6.07) is 26.0. The lowest BCUT2D eigenvalue weighted by molar-refractivity contribution is -0.387. The fraction of sp³-hybridized carbons (Fsp3) is 0.214. The Hall–Kier alpha value is -3.09. The minimum absolute atomic E-state index is 0.0116. The van der Waals surface area contributed by atoms with Crippen LogP contribution in [0.5, 0.6) is 0 Å². The van der Waals surface area contributed by atoms with Gasteiger partial charge in [0.05, 0.1) is 21.2 Å². The van der Waals surface area contributed by atoms with Crippen molar-refractivity contribution in [2.45, 2.75) is 33.9 Å². The Kier molecular flexibility index (Phi) is 5.66. The number of anilines is 1. The Balaban J connectivity index is 1.45. The molecule has 176 valence electrons. The smallest absolute Gasteiger partial charge is 0.282 e. The molecule has 0 saturated heterocycles. The normalized spacial score (nSPS) is 25.0. The first-order valence-corrected chi connectivity index (χ1v) is 12.9. The molecule has 4 nitrogen and oxygen atoms in total. The Morgan fingerprint density at radius 3 is 2.51 bits per heavy atom. The zero-order valence-electron chi connectivity index (χ0n) is 18.6. The molecule has 1 aliphatic carbocycles. The van der Waals surface area contributed by atoms with Crippen LogP contribution in [0, 0.1) is 21.8 Å². The first-order chi connectivity index (χ1) is 17.0. The van der Waals surface area contributed by atoms with Crippen molar-refractivity contribution in [2.75, 3.05) is 5.32 Å². The van der Waals surface area contributed by atoms with Gasteiger partial charge in [0.15, 0.2) is 0 Å². The van der Waals surface area contributed by atoms with Crippen LogP contribution in [0.2, 0.25) is 0 Å². The second-order valence-electron chi connectivity index (χ2n) is 9.17. The number of hydrogen-bond acceptors (Lipinski definition) is 4. The van der Waals surface area contributed by atoms with Crippen molar-refractivity contribution < 1.29 is 9.31 Å². The second kappa shape index (κ2) is 8.85. The summed E-state index contributed by atoms with van der Waals surface area (Å²) in [6.45, 7) is 0. The minimum atomic E-state index is -0.334. The number of rotatable bonds is 4. The van der Waals surface area contributed by atoms with E-state index in [0.29, 0.717) is 4.90 Å². The Bertz CT molecular complexity index is 1430. The van der Waals surface area contributed by atoms with Gasteiger partial charge in [-0.15, -0.1) is 23.4 Å². The standard InChI is InChI=1S/C28H22ClFN2O2S/c29-27-24(35-23-8-4-3-7-22(23)32(33)34)15-20-26(27)25-19-6-2-1-5-16(19)11-14-21(25)31-28(20)17-9-12-18(30)13-10-17/h1-14,20,24,26-28,31H,15H2/t20-,24+,26+,27-,28-/m0/s1. The topological polar surface area (TPSA) is 55.2 Å². The molecule has 1 saturated carbocycles. The lowest BCUT2D eigenvalue weighted by Gasteiger charge is -2.39. The summed E-state index contributed by atoms with van der Waals surface area (Å²) in [5.74, 6) is -0.0603. The van der Waals surface area contributed by atoms with Gasteiger partial charge in [0.25, 0.3) is 5.69 Å². The average molecular weight is 505 g/mol. The highest BCUT2D eigenvalue weighted by molar-refractivity contribution is 8.00. The van der Waals surface area contributed by atoms with Crippen molar-refractivity contribution in [3.05, 3.63) is 112 Å². The first-order valence-electron chi connectivity index (χ1n) is 11.6. The Morgan fingerprint density at radius 1 is 0.971 bits per heavy atom. The van der Waals surface area contributed by atoms with Gasteiger partial charge in [-0.3, -0.25) is 10.1 Å². The summed E-state index contributed by atoms with van der Waals surface area (Å²) in [6.07, 6.45) is 0.785. The zero-order chi connectivity index (χ0) is 24.1. The van der Waals surface area contributed by atoms with E-state index in [4.69, 9.17) is 11.6 Å². The molecule has 0 aromatic heterocycles. The Labute approximate surface area is 211 Å². The lowest BCUT2D eigenvalue weighted by atomic mass is 9.75. The number of thioether (sulfide) groups is 1. The van der Waals surface area contributed by atoms with Crippen LogP contribution in [-0.2, 0) is 0 Å². The molecule has 1 aliphatic heterocycles. The van der Waals surface area contributed by atoms with Crippen molar-refractivity contribution in [1.82, 2.24) is 0 Å². The van der Waals surface area contributed by atoms with Gasteiger partial charge in [0, 0.05) is 22.9 Å². The molecular weight excluding hydrogens is 483 g/mol. The quantitative estimate of drug-likeness (QED) is 0.174. The number of halogens is 2. The van der Waals surface area contributed by atoms with Crippen LogP contribution in [0.15, 0.2) is 89.8 Å². The van der Waals surface area contributed by atoms with Crippen LogP contribution in [0.3, 0.4) is 0 Å². The summed E-state index contributed by atoms with van der Waals surface area (Å²) in [4.78, 5) is 11.9. The number of nitro benzene ring substituents is 1. The maximum Gasteiger partial charge on any atom is 0.282 e. The number of para-hydroxylation sites is 1. The molecule has 35 heavy (non-hydrogen) atoms. The predicted molar refractivity (Wildman–Crippen MR) is 140 cm³/mol. The molecule has 6 rings (SSSR count). The molecule has 7 heteroatoms. The van der Waals surface area contributed by atoms with E-state index in [1.165, 1.54) is 34.8 Å². The van der Waals surface area contributed by atoms with Gasteiger partial charge in [0.2, 0.25) is 0 Å². The molecule has 0 amide bonds. The number of alkyl halides is 1. The molecule has 0 unspecified atom stereocenters. The monoisotopic (exact) mass is 504 g/mol. The third-order valence-corrected chi connectivity index (χ3v) is 9.39. The lowest BCUT2D eigenvalue weighted by Crippen LogP contribution is -2.31. The third-order valence-electron chi connectivity index (χ3n) is 7.28. The summed E-state index contributed by atoms with van der Waals surface area (Å²) in [5, 5.41) is 17.5. The number of fused-ring (bicyclic) bond motifs is 5. The van der Waals surface area contributed by atoms with Crippen molar-refractivity contribution in [1.29, 1.82) is 0 Å². The number of nitro groups is 1.